The number of hydrogen-bond donors (Lipinski definition) is 1. The van der Waals surface area contributed by atoms with Gasteiger partial charge in [0, 0.05) is 35.8 Å². The fraction of sp³-hybridized carbons (Fsp3) is 0.0952. The molecule has 0 saturated carbocycles. The van der Waals surface area contributed by atoms with Gasteiger partial charge in [-0.1, -0.05) is 24.3 Å². The summed E-state index contributed by atoms with van der Waals surface area (Å²) in [5.41, 5.74) is 4.19. The first-order valence-electron chi connectivity index (χ1n) is 8.76. The summed E-state index contributed by atoms with van der Waals surface area (Å²) in [5.74, 6) is 1.18. The molecule has 0 radical (unpaired) electrons. The molecule has 1 amide bonds. The van der Waals surface area contributed by atoms with Crippen molar-refractivity contribution < 1.29 is 9.21 Å². The van der Waals surface area contributed by atoms with Crippen molar-refractivity contribution in [2.75, 3.05) is 6.54 Å². The summed E-state index contributed by atoms with van der Waals surface area (Å²) in [6.45, 7) is 0.683. The van der Waals surface area contributed by atoms with E-state index in [4.69, 9.17) is 4.42 Å². The number of aromatic nitrogens is 3. The molecule has 1 N–H and O–H groups in total. The van der Waals surface area contributed by atoms with Gasteiger partial charge in [0.1, 0.15) is 12.0 Å². The van der Waals surface area contributed by atoms with E-state index in [2.05, 4.69) is 15.3 Å². The van der Waals surface area contributed by atoms with Gasteiger partial charge in [-0.25, -0.2) is 9.97 Å². The van der Waals surface area contributed by atoms with Crippen LogP contribution in [0.15, 0.2) is 71.6 Å². The van der Waals surface area contributed by atoms with Crippen molar-refractivity contribution in [3.63, 3.8) is 0 Å². The maximum absolute atomic E-state index is 12.2. The van der Waals surface area contributed by atoms with E-state index < -0.39 is 0 Å². The first kappa shape index (κ1) is 15.6. The molecular weight excluding hydrogens is 340 g/mol. The topological polar surface area (TPSA) is 73.0 Å². The Morgan fingerprint density at radius 1 is 1.11 bits per heavy atom. The van der Waals surface area contributed by atoms with Gasteiger partial charge in [-0.05, 0) is 36.2 Å². The van der Waals surface area contributed by atoms with E-state index in [1.54, 1.807) is 12.5 Å². The number of hydrogen-bond acceptors (Lipinski definition) is 4. The summed E-state index contributed by atoms with van der Waals surface area (Å²) in [5, 5.41) is 2.89. The summed E-state index contributed by atoms with van der Waals surface area (Å²) in [6, 6.07) is 15.6. The lowest BCUT2D eigenvalue weighted by atomic mass is 10.00. The standard InChI is InChI=1S/C21H16N4O2/c26-20-17-12-16(7-6-14(17)8-9-23-20)25-11-10-22-19(25)18-13-27-21(24-18)15-4-2-1-3-5-15/h1-7,10-13H,8-9H2,(H,23,26). The molecule has 2 aromatic carbocycles. The van der Waals surface area contributed by atoms with Crippen LogP contribution in [0.5, 0.6) is 0 Å². The van der Waals surface area contributed by atoms with Crippen molar-refractivity contribution in [3.05, 3.63) is 78.3 Å². The number of nitrogens with one attached hydrogen (secondary N) is 1. The SMILES string of the molecule is O=C1NCCc2ccc(-n3ccnc3-c3coc(-c4ccccc4)n3)cc21. The molecule has 6 nitrogen and oxygen atoms in total. The number of fused-ring (bicyclic) bond motifs is 1. The van der Waals surface area contributed by atoms with E-state index in [9.17, 15) is 4.79 Å². The molecule has 1 aliphatic rings. The smallest absolute Gasteiger partial charge is 0.251 e. The molecule has 1 aliphatic heterocycles. The maximum Gasteiger partial charge on any atom is 0.251 e. The number of oxazole rings is 1. The van der Waals surface area contributed by atoms with Gasteiger partial charge in [-0.3, -0.25) is 9.36 Å². The molecular formula is C21H16N4O2. The van der Waals surface area contributed by atoms with E-state index in [1.807, 2.05) is 59.3 Å². The summed E-state index contributed by atoms with van der Waals surface area (Å²) < 4.78 is 7.56. The average Bonchev–Trinajstić information content (AvgIpc) is 3.38. The Labute approximate surface area is 155 Å². The highest BCUT2D eigenvalue weighted by Crippen LogP contribution is 2.26. The Morgan fingerprint density at radius 2 is 2.00 bits per heavy atom. The average molecular weight is 356 g/mol. The zero-order valence-corrected chi connectivity index (χ0v) is 14.4. The Morgan fingerprint density at radius 3 is 2.89 bits per heavy atom. The maximum atomic E-state index is 12.2. The van der Waals surface area contributed by atoms with Crippen molar-refractivity contribution >= 4 is 5.91 Å². The van der Waals surface area contributed by atoms with Gasteiger partial charge in [-0.2, -0.15) is 0 Å². The van der Waals surface area contributed by atoms with Gasteiger partial charge in [0.15, 0.2) is 5.82 Å². The van der Waals surface area contributed by atoms with Crippen LogP contribution in [-0.4, -0.2) is 27.0 Å². The van der Waals surface area contributed by atoms with Gasteiger partial charge >= 0.3 is 0 Å². The number of nitrogens with zero attached hydrogens (tertiary/aromatic N) is 3. The molecule has 0 atom stereocenters. The van der Waals surface area contributed by atoms with Gasteiger partial charge in [0.25, 0.3) is 5.91 Å². The first-order valence-corrected chi connectivity index (χ1v) is 8.76. The van der Waals surface area contributed by atoms with E-state index >= 15 is 0 Å². The molecule has 6 heteroatoms. The van der Waals surface area contributed by atoms with Crippen molar-refractivity contribution in [1.29, 1.82) is 0 Å². The van der Waals surface area contributed by atoms with Crippen LogP contribution >= 0.6 is 0 Å². The third-order valence-electron chi connectivity index (χ3n) is 4.69. The second-order valence-electron chi connectivity index (χ2n) is 6.37. The molecule has 2 aromatic heterocycles. The van der Waals surface area contributed by atoms with Crippen LogP contribution in [-0.2, 0) is 6.42 Å². The van der Waals surface area contributed by atoms with Crippen LogP contribution < -0.4 is 5.32 Å². The molecule has 27 heavy (non-hydrogen) atoms. The lowest BCUT2D eigenvalue weighted by molar-refractivity contribution is 0.0946. The van der Waals surface area contributed by atoms with Crippen LogP contribution in [0.2, 0.25) is 0 Å². The van der Waals surface area contributed by atoms with Crippen LogP contribution in [0.25, 0.3) is 28.7 Å². The minimum Gasteiger partial charge on any atom is -0.444 e. The number of carbonyl (C=O) groups excluding carboxylic acids is 1. The Bertz CT molecular complexity index is 1130. The summed E-state index contributed by atoms with van der Waals surface area (Å²) in [4.78, 5) is 21.2. The molecule has 0 unspecified atom stereocenters. The van der Waals surface area contributed by atoms with E-state index in [0.29, 0.717) is 29.5 Å². The van der Waals surface area contributed by atoms with Crippen LogP contribution in [0.1, 0.15) is 15.9 Å². The van der Waals surface area contributed by atoms with E-state index in [1.165, 1.54) is 0 Å². The van der Waals surface area contributed by atoms with Crippen molar-refractivity contribution in [3.8, 4) is 28.7 Å². The van der Waals surface area contributed by atoms with Crippen molar-refractivity contribution in [2.24, 2.45) is 0 Å². The molecule has 0 spiro atoms. The summed E-state index contributed by atoms with van der Waals surface area (Å²) in [6.07, 6.45) is 6.02. The Balaban J connectivity index is 1.55. The normalized spacial score (nSPS) is 13.3. The lowest BCUT2D eigenvalue weighted by Crippen LogP contribution is -2.31. The van der Waals surface area contributed by atoms with Crippen LogP contribution in [0.3, 0.4) is 0 Å². The molecule has 0 fully saturated rings. The predicted octanol–water partition coefficient (Wildman–Crippen LogP) is 3.48. The van der Waals surface area contributed by atoms with Gasteiger partial charge in [0.05, 0.1) is 0 Å². The zero-order valence-electron chi connectivity index (χ0n) is 14.4. The van der Waals surface area contributed by atoms with E-state index in [0.717, 1.165) is 23.2 Å². The van der Waals surface area contributed by atoms with E-state index in [-0.39, 0.29) is 5.91 Å². The van der Waals surface area contributed by atoms with Gasteiger partial charge in [-0.15, -0.1) is 0 Å². The lowest BCUT2D eigenvalue weighted by Gasteiger charge is -2.17. The molecule has 0 saturated heterocycles. The zero-order chi connectivity index (χ0) is 18.2. The second kappa shape index (κ2) is 6.25. The largest absolute Gasteiger partial charge is 0.444 e. The highest BCUT2D eigenvalue weighted by Gasteiger charge is 2.19. The predicted molar refractivity (Wildman–Crippen MR) is 101 cm³/mol. The monoisotopic (exact) mass is 356 g/mol. The molecule has 0 bridgehead atoms. The molecule has 5 rings (SSSR count). The molecule has 0 aliphatic carbocycles. The first-order chi connectivity index (χ1) is 13.3. The van der Waals surface area contributed by atoms with Gasteiger partial charge in [0.2, 0.25) is 5.89 Å². The number of rotatable bonds is 3. The third-order valence-corrected chi connectivity index (χ3v) is 4.69. The summed E-state index contributed by atoms with van der Waals surface area (Å²) >= 11 is 0. The van der Waals surface area contributed by atoms with Crippen LogP contribution in [0, 0.1) is 0 Å². The summed E-state index contributed by atoms with van der Waals surface area (Å²) in [7, 11) is 0. The molecule has 3 heterocycles. The Hall–Kier alpha value is -3.67. The fourth-order valence-electron chi connectivity index (χ4n) is 3.34. The van der Waals surface area contributed by atoms with Gasteiger partial charge < -0.3 is 9.73 Å². The number of carbonyl (C=O) groups is 1. The van der Waals surface area contributed by atoms with Crippen molar-refractivity contribution in [1.82, 2.24) is 19.9 Å². The van der Waals surface area contributed by atoms with Crippen molar-refractivity contribution in [2.45, 2.75) is 6.42 Å². The Kier molecular flexibility index (Phi) is 3.60. The highest BCUT2D eigenvalue weighted by atomic mass is 16.3. The number of benzene rings is 2. The fourth-order valence-corrected chi connectivity index (χ4v) is 3.34. The third kappa shape index (κ3) is 2.71. The minimum absolute atomic E-state index is 0.0347. The minimum atomic E-state index is -0.0347. The molecule has 132 valence electrons. The second-order valence-corrected chi connectivity index (χ2v) is 6.37. The molecule has 4 aromatic rings. The quantitative estimate of drug-likeness (QED) is 0.610. The highest BCUT2D eigenvalue weighted by molar-refractivity contribution is 5.97. The number of imidazole rings is 1. The number of amides is 1. The van der Waals surface area contributed by atoms with Crippen LogP contribution in [0.4, 0.5) is 0 Å².